The fourth-order valence-corrected chi connectivity index (χ4v) is 1.75. The Balaban J connectivity index is 2.04. The van der Waals surface area contributed by atoms with Crippen LogP contribution >= 0.6 is 0 Å². The first-order chi connectivity index (χ1) is 9.74. The zero-order chi connectivity index (χ0) is 14.4. The average molecular weight is 272 g/mol. The third-order valence-electron chi connectivity index (χ3n) is 2.80. The van der Waals surface area contributed by atoms with Crippen molar-refractivity contribution in [3.05, 3.63) is 47.7 Å². The number of carbonyl (C=O) groups excluding carboxylic acids is 1. The number of hydrazine groups is 1. The molecule has 0 saturated carbocycles. The normalized spacial score (nSPS) is 10.1. The first-order valence-electron chi connectivity index (χ1n) is 6.24. The molecule has 0 spiro atoms. The molecule has 2 rings (SSSR count). The Morgan fingerprint density at radius 2 is 2.25 bits per heavy atom. The lowest BCUT2D eigenvalue weighted by Crippen LogP contribution is -2.25. The highest BCUT2D eigenvalue weighted by Gasteiger charge is 2.09. The van der Waals surface area contributed by atoms with E-state index in [-0.39, 0.29) is 11.6 Å². The fraction of sp³-hybridized carbons (Fsp3) is 0.231. The summed E-state index contributed by atoms with van der Waals surface area (Å²) in [7, 11) is 0. The molecule has 0 radical (unpaired) electrons. The van der Waals surface area contributed by atoms with Gasteiger partial charge in [0.2, 0.25) is 0 Å². The van der Waals surface area contributed by atoms with Crippen LogP contribution in [0.1, 0.15) is 28.7 Å². The van der Waals surface area contributed by atoms with Crippen LogP contribution in [0.2, 0.25) is 0 Å². The van der Waals surface area contributed by atoms with Crippen molar-refractivity contribution >= 4 is 11.7 Å². The van der Waals surface area contributed by atoms with Crippen molar-refractivity contribution in [3.63, 3.8) is 0 Å². The molecule has 1 amide bonds. The summed E-state index contributed by atoms with van der Waals surface area (Å²) >= 11 is 0. The number of nitrogen functional groups attached to an aromatic ring is 1. The molecule has 7 heteroatoms. The molecule has 0 aliphatic heterocycles. The smallest absolute Gasteiger partial charge is 0.271 e. The molecule has 0 aromatic carbocycles. The second-order valence-electron chi connectivity index (χ2n) is 4.08. The summed E-state index contributed by atoms with van der Waals surface area (Å²) in [5, 5.41) is 2.77. The van der Waals surface area contributed by atoms with Crippen LogP contribution in [0.3, 0.4) is 0 Å². The van der Waals surface area contributed by atoms with Gasteiger partial charge in [0.25, 0.3) is 5.91 Å². The van der Waals surface area contributed by atoms with Gasteiger partial charge in [0.05, 0.1) is 24.6 Å². The van der Waals surface area contributed by atoms with Gasteiger partial charge in [-0.3, -0.25) is 14.8 Å². The van der Waals surface area contributed by atoms with E-state index in [1.165, 1.54) is 12.4 Å². The van der Waals surface area contributed by atoms with Crippen molar-refractivity contribution in [2.45, 2.75) is 19.9 Å². The number of nitrogens with one attached hydrogen (secondary N) is 2. The number of anilines is 1. The van der Waals surface area contributed by atoms with Gasteiger partial charge in [0, 0.05) is 6.20 Å². The molecule has 0 saturated heterocycles. The van der Waals surface area contributed by atoms with E-state index in [0.717, 1.165) is 17.7 Å². The van der Waals surface area contributed by atoms with Crippen LogP contribution in [0.15, 0.2) is 30.7 Å². The van der Waals surface area contributed by atoms with E-state index in [1.807, 2.05) is 19.1 Å². The van der Waals surface area contributed by atoms with Crippen LogP contribution in [0.25, 0.3) is 0 Å². The van der Waals surface area contributed by atoms with E-state index in [9.17, 15) is 4.79 Å². The Bertz CT molecular complexity index is 601. The zero-order valence-electron chi connectivity index (χ0n) is 11.1. The monoisotopic (exact) mass is 272 g/mol. The van der Waals surface area contributed by atoms with Gasteiger partial charge in [0.15, 0.2) is 5.82 Å². The first kappa shape index (κ1) is 13.9. The lowest BCUT2D eigenvalue weighted by molar-refractivity contribution is 0.0945. The molecular weight excluding hydrogens is 256 g/mol. The van der Waals surface area contributed by atoms with Crippen molar-refractivity contribution in [2.75, 3.05) is 5.43 Å². The maximum absolute atomic E-state index is 12.0. The Kier molecular flexibility index (Phi) is 4.56. The second kappa shape index (κ2) is 6.58. The topological polar surface area (TPSA) is 106 Å². The summed E-state index contributed by atoms with van der Waals surface area (Å²) in [6.07, 6.45) is 5.39. The minimum absolute atomic E-state index is 0.203. The Hall–Kier alpha value is -2.54. The number of hydrogen-bond donors (Lipinski definition) is 3. The van der Waals surface area contributed by atoms with Gasteiger partial charge < -0.3 is 10.7 Å². The summed E-state index contributed by atoms with van der Waals surface area (Å²) in [4.78, 5) is 24.1. The number of pyridine rings is 1. The first-order valence-corrected chi connectivity index (χ1v) is 6.24. The van der Waals surface area contributed by atoms with Gasteiger partial charge in [-0.1, -0.05) is 13.0 Å². The highest BCUT2D eigenvalue weighted by molar-refractivity contribution is 5.92. The van der Waals surface area contributed by atoms with Crippen LogP contribution in [0.4, 0.5) is 5.82 Å². The van der Waals surface area contributed by atoms with E-state index in [4.69, 9.17) is 5.84 Å². The van der Waals surface area contributed by atoms with Crippen LogP contribution in [-0.2, 0) is 13.0 Å². The van der Waals surface area contributed by atoms with E-state index < -0.39 is 0 Å². The van der Waals surface area contributed by atoms with Gasteiger partial charge in [-0.05, 0) is 18.1 Å². The van der Waals surface area contributed by atoms with Crippen molar-refractivity contribution in [2.24, 2.45) is 5.84 Å². The maximum Gasteiger partial charge on any atom is 0.271 e. The van der Waals surface area contributed by atoms with Gasteiger partial charge in [0.1, 0.15) is 5.69 Å². The van der Waals surface area contributed by atoms with Gasteiger partial charge in [-0.15, -0.1) is 0 Å². The summed E-state index contributed by atoms with van der Waals surface area (Å²) in [6.45, 7) is 2.40. The van der Waals surface area contributed by atoms with Crippen LogP contribution < -0.4 is 16.6 Å². The number of rotatable bonds is 5. The minimum atomic E-state index is -0.317. The number of aromatic nitrogens is 3. The van der Waals surface area contributed by atoms with Crippen molar-refractivity contribution < 1.29 is 4.79 Å². The van der Waals surface area contributed by atoms with Gasteiger partial charge in [-0.25, -0.2) is 10.8 Å². The van der Waals surface area contributed by atoms with Crippen LogP contribution in [-0.4, -0.2) is 20.9 Å². The molecule has 7 nitrogen and oxygen atoms in total. The zero-order valence-corrected chi connectivity index (χ0v) is 11.1. The predicted molar refractivity (Wildman–Crippen MR) is 74.6 cm³/mol. The Morgan fingerprint density at radius 3 is 3.00 bits per heavy atom. The largest absolute Gasteiger partial charge is 0.345 e. The predicted octanol–water partition coefficient (Wildman–Crippen LogP) is 0.650. The molecule has 0 atom stereocenters. The third-order valence-corrected chi connectivity index (χ3v) is 2.80. The molecule has 2 heterocycles. The number of nitrogens with two attached hydrogens (primary N) is 1. The SMILES string of the molecule is CCc1cccnc1CNC(=O)c1cncc(NN)n1. The molecular formula is C13H16N6O. The molecule has 104 valence electrons. The number of carbonyl (C=O) groups is 1. The van der Waals surface area contributed by atoms with Crippen molar-refractivity contribution in [1.82, 2.24) is 20.3 Å². The van der Waals surface area contributed by atoms with Crippen LogP contribution in [0.5, 0.6) is 0 Å². The average Bonchev–Trinajstić information content (AvgIpc) is 2.52. The number of hydrogen-bond acceptors (Lipinski definition) is 6. The molecule has 2 aromatic rings. The van der Waals surface area contributed by atoms with Crippen molar-refractivity contribution in [1.29, 1.82) is 0 Å². The molecule has 2 aromatic heterocycles. The third kappa shape index (κ3) is 3.27. The molecule has 0 fully saturated rings. The number of amides is 1. The lowest BCUT2D eigenvalue weighted by Gasteiger charge is -2.08. The summed E-state index contributed by atoms with van der Waals surface area (Å²) < 4.78 is 0. The second-order valence-corrected chi connectivity index (χ2v) is 4.08. The van der Waals surface area contributed by atoms with Gasteiger partial charge in [-0.2, -0.15) is 0 Å². The minimum Gasteiger partial charge on any atom is -0.345 e. The van der Waals surface area contributed by atoms with Crippen LogP contribution in [0, 0.1) is 0 Å². The molecule has 0 bridgehead atoms. The van der Waals surface area contributed by atoms with E-state index in [0.29, 0.717) is 12.4 Å². The fourth-order valence-electron chi connectivity index (χ4n) is 1.75. The lowest BCUT2D eigenvalue weighted by atomic mass is 10.1. The highest BCUT2D eigenvalue weighted by Crippen LogP contribution is 2.06. The van der Waals surface area contributed by atoms with Crippen molar-refractivity contribution in [3.8, 4) is 0 Å². The van der Waals surface area contributed by atoms with E-state index >= 15 is 0 Å². The molecule has 0 aliphatic rings. The maximum atomic E-state index is 12.0. The summed E-state index contributed by atoms with van der Waals surface area (Å²) in [6, 6.07) is 3.87. The summed E-state index contributed by atoms with van der Waals surface area (Å²) in [5.41, 5.74) is 4.51. The van der Waals surface area contributed by atoms with Gasteiger partial charge >= 0.3 is 0 Å². The number of nitrogens with zero attached hydrogens (tertiary/aromatic N) is 3. The summed E-state index contributed by atoms with van der Waals surface area (Å²) in [5.74, 6) is 5.25. The standard InChI is InChI=1S/C13H16N6O/c1-2-9-4-3-5-16-10(9)7-17-13(20)11-6-15-8-12(18-11)19-14/h3-6,8H,2,7,14H2,1H3,(H,17,20)(H,18,19). The highest BCUT2D eigenvalue weighted by atomic mass is 16.1. The quantitative estimate of drug-likeness (QED) is 0.545. The van der Waals surface area contributed by atoms with E-state index in [1.54, 1.807) is 6.20 Å². The number of aryl methyl sites for hydroxylation is 1. The Labute approximate surface area is 116 Å². The Morgan fingerprint density at radius 1 is 1.40 bits per heavy atom. The van der Waals surface area contributed by atoms with E-state index in [2.05, 4.69) is 25.7 Å². The molecule has 20 heavy (non-hydrogen) atoms. The molecule has 0 aliphatic carbocycles. The molecule has 0 unspecified atom stereocenters. The molecule has 4 N–H and O–H groups in total.